The molecule has 0 fully saturated rings. The normalized spacial score (nSPS) is 9.38. The van der Waals surface area contributed by atoms with E-state index in [4.69, 9.17) is 9.47 Å². The van der Waals surface area contributed by atoms with Crippen molar-refractivity contribution in [3.63, 3.8) is 0 Å². The van der Waals surface area contributed by atoms with Crippen molar-refractivity contribution in [1.82, 2.24) is 10.6 Å². The topological polar surface area (TPSA) is 59.6 Å². The summed E-state index contributed by atoms with van der Waals surface area (Å²) in [5.41, 5.74) is 0. The average Bonchev–Trinajstić information content (AvgIpc) is 2.30. The molecule has 2 N–H and O–H groups in total. The molecule has 1 aromatic rings. The molecule has 0 heterocycles. The predicted molar refractivity (Wildman–Crippen MR) is 60.7 cm³/mol. The lowest BCUT2D eigenvalue weighted by molar-refractivity contribution is 0.222. The van der Waals surface area contributed by atoms with E-state index in [1.54, 1.807) is 19.2 Å². The van der Waals surface area contributed by atoms with Crippen LogP contribution in [0.5, 0.6) is 11.5 Å². The minimum Gasteiger partial charge on any atom is -0.493 e. The molecular weight excluding hydrogens is 208 g/mol. The number of amides is 2. The van der Waals surface area contributed by atoms with E-state index in [0.29, 0.717) is 18.0 Å². The highest BCUT2D eigenvalue weighted by Gasteiger charge is 2.02. The van der Waals surface area contributed by atoms with Gasteiger partial charge in [-0.25, -0.2) is 4.79 Å². The van der Waals surface area contributed by atoms with Gasteiger partial charge in [0.25, 0.3) is 0 Å². The molecule has 0 atom stereocenters. The summed E-state index contributed by atoms with van der Waals surface area (Å²) in [6.45, 7) is 2.54. The fourth-order valence-corrected chi connectivity index (χ4v) is 1.14. The van der Waals surface area contributed by atoms with Crippen LogP contribution < -0.4 is 20.1 Å². The molecule has 0 saturated carbocycles. The molecule has 0 aromatic heterocycles. The molecule has 0 aliphatic rings. The van der Waals surface area contributed by atoms with Crippen LogP contribution in [0.1, 0.15) is 6.92 Å². The lowest BCUT2D eigenvalue weighted by Crippen LogP contribution is -2.37. The van der Waals surface area contributed by atoms with Crippen LogP contribution in [-0.2, 0) is 0 Å². The Balaban J connectivity index is 2.39. The van der Waals surface area contributed by atoms with E-state index in [0.717, 1.165) is 0 Å². The van der Waals surface area contributed by atoms with Gasteiger partial charge in [0.15, 0.2) is 18.2 Å². The number of carbonyl (C=O) groups excluding carboxylic acids is 1. The fraction of sp³-hybridized carbons (Fsp3) is 0.364. The molecule has 0 radical (unpaired) electrons. The Morgan fingerprint density at radius 1 is 1.25 bits per heavy atom. The quantitative estimate of drug-likeness (QED) is 0.742. The Labute approximate surface area is 94.7 Å². The highest BCUT2D eigenvalue weighted by molar-refractivity contribution is 5.73. The molecule has 1 aromatic carbocycles. The number of ether oxygens (including phenoxy) is 2. The maximum atomic E-state index is 11.1. The van der Waals surface area contributed by atoms with Gasteiger partial charge in [-0.15, -0.1) is 0 Å². The number of para-hydroxylation sites is 2. The number of methoxy groups -OCH3 is 1. The Morgan fingerprint density at radius 3 is 2.56 bits per heavy atom. The van der Waals surface area contributed by atoms with Crippen molar-refractivity contribution in [3.8, 4) is 11.5 Å². The second-order valence-corrected chi connectivity index (χ2v) is 2.98. The molecule has 5 heteroatoms. The number of hydrogen-bond acceptors (Lipinski definition) is 3. The van der Waals surface area contributed by atoms with Crippen molar-refractivity contribution >= 4 is 6.03 Å². The molecule has 1 rings (SSSR count). The van der Waals surface area contributed by atoms with Crippen LogP contribution in [0.4, 0.5) is 4.79 Å². The number of rotatable bonds is 5. The maximum Gasteiger partial charge on any atom is 0.317 e. The first-order valence-corrected chi connectivity index (χ1v) is 5.05. The Bertz CT molecular complexity index is 342. The van der Waals surface area contributed by atoms with Crippen LogP contribution in [0.15, 0.2) is 24.3 Å². The zero-order chi connectivity index (χ0) is 11.8. The number of carbonyl (C=O) groups is 1. The SMILES string of the molecule is CCNC(=O)NCOc1ccccc1OC. The summed E-state index contributed by atoms with van der Waals surface area (Å²) in [5.74, 6) is 1.24. The number of urea groups is 1. The zero-order valence-corrected chi connectivity index (χ0v) is 9.45. The molecule has 0 saturated heterocycles. The van der Waals surface area contributed by atoms with Crippen LogP contribution in [0.2, 0.25) is 0 Å². The largest absolute Gasteiger partial charge is 0.493 e. The summed E-state index contributed by atoms with van der Waals surface area (Å²) in [7, 11) is 1.57. The first-order valence-electron chi connectivity index (χ1n) is 5.05. The van der Waals surface area contributed by atoms with Crippen molar-refractivity contribution in [2.45, 2.75) is 6.92 Å². The van der Waals surface area contributed by atoms with Crippen molar-refractivity contribution < 1.29 is 14.3 Å². The lowest BCUT2D eigenvalue weighted by Gasteiger charge is -2.11. The minimum atomic E-state index is -0.252. The second kappa shape index (κ2) is 6.55. The Morgan fingerprint density at radius 2 is 1.94 bits per heavy atom. The summed E-state index contributed by atoms with van der Waals surface area (Å²) in [5, 5.41) is 5.15. The molecule has 88 valence electrons. The monoisotopic (exact) mass is 224 g/mol. The lowest BCUT2D eigenvalue weighted by atomic mass is 10.3. The highest BCUT2D eigenvalue weighted by atomic mass is 16.5. The first kappa shape index (κ1) is 12.2. The van der Waals surface area contributed by atoms with E-state index in [1.165, 1.54) is 0 Å². The van der Waals surface area contributed by atoms with Crippen LogP contribution in [0.25, 0.3) is 0 Å². The van der Waals surface area contributed by atoms with Crippen LogP contribution in [-0.4, -0.2) is 26.4 Å². The van der Waals surface area contributed by atoms with E-state index in [1.807, 2.05) is 19.1 Å². The summed E-state index contributed by atoms with van der Waals surface area (Å²) in [6, 6.07) is 7.00. The predicted octanol–water partition coefficient (Wildman–Crippen LogP) is 1.35. The average molecular weight is 224 g/mol. The fourth-order valence-electron chi connectivity index (χ4n) is 1.14. The molecule has 5 nitrogen and oxygen atoms in total. The Kier molecular flexibility index (Phi) is 4.98. The highest BCUT2D eigenvalue weighted by Crippen LogP contribution is 2.25. The number of benzene rings is 1. The van der Waals surface area contributed by atoms with Gasteiger partial charge < -0.3 is 20.1 Å². The van der Waals surface area contributed by atoms with Gasteiger partial charge in [0, 0.05) is 6.54 Å². The zero-order valence-electron chi connectivity index (χ0n) is 9.45. The molecular formula is C11H16N2O3. The van der Waals surface area contributed by atoms with Crippen LogP contribution in [0.3, 0.4) is 0 Å². The molecule has 0 aliphatic carbocycles. The first-order chi connectivity index (χ1) is 7.77. The smallest absolute Gasteiger partial charge is 0.317 e. The van der Waals surface area contributed by atoms with E-state index in [-0.39, 0.29) is 12.8 Å². The third kappa shape index (κ3) is 3.68. The minimum absolute atomic E-state index is 0.103. The van der Waals surface area contributed by atoms with Crippen molar-refractivity contribution in [3.05, 3.63) is 24.3 Å². The molecule has 0 unspecified atom stereocenters. The molecule has 0 bridgehead atoms. The standard InChI is InChI=1S/C11H16N2O3/c1-3-12-11(14)13-8-16-10-7-5-4-6-9(10)15-2/h4-7H,3,8H2,1-2H3,(H2,12,13,14). The maximum absolute atomic E-state index is 11.1. The van der Waals surface area contributed by atoms with Crippen LogP contribution in [0, 0.1) is 0 Å². The molecule has 16 heavy (non-hydrogen) atoms. The number of hydrogen-bond donors (Lipinski definition) is 2. The van der Waals surface area contributed by atoms with Gasteiger partial charge in [0.1, 0.15) is 0 Å². The number of nitrogens with one attached hydrogen (secondary N) is 2. The van der Waals surface area contributed by atoms with Crippen molar-refractivity contribution in [2.24, 2.45) is 0 Å². The Hall–Kier alpha value is -1.91. The second-order valence-electron chi connectivity index (χ2n) is 2.98. The summed E-state index contributed by atoms with van der Waals surface area (Å²) in [4.78, 5) is 11.1. The van der Waals surface area contributed by atoms with Gasteiger partial charge in [0.05, 0.1) is 7.11 Å². The van der Waals surface area contributed by atoms with Crippen LogP contribution >= 0.6 is 0 Å². The van der Waals surface area contributed by atoms with Crippen molar-refractivity contribution in [2.75, 3.05) is 20.4 Å². The molecule has 2 amide bonds. The van der Waals surface area contributed by atoms with Gasteiger partial charge in [-0.3, -0.25) is 0 Å². The van der Waals surface area contributed by atoms with E-state index < -0.39 is 0 Å². The third-order valence-corrected chi connectivity index (χ3v) is 1.87. The third-order valence-electron chi connectivity index (χ3n) is 1.87. The summed E-state index contributed by atoms with van der Waals surface area (Å²) < 4.78 is 10.4. The van der Waals surface area contributed by atoms with Crippen molar-refractivity contribution in [1.29, 1.82) is 0 Å². The van der Waals surface area contributed by atoms with Gasteiger partial charge in [0.2, 0.25) is 0 Å². The van der Waals surface area contributed by atoms with Gasteiger partial charge in [-0.2, -0.15) is 0 Å². The van der Waals surface area contributed by atoms with Gasteiger partial charge >= 0.3 is 6.03 Å². The molecule has 0 aliphatic heterocycles. The summed E-state index contributed by atoms with van der Waals surface area (Å²) >= 11 is 0. The van der Waals surface area contributed by atoms with E-state index in [2.05, 4.69) is 10.6 Å². The molecule has 0 spiro atoms. The summed E-state index contributed by atoms with van der Waals surface area (Å²) in [6.07, 6.45) is 0. The van der Waals surface area contributed by atoms with E-state index >= 15 is 0 Å². The van der Waals surface area contributed by atoms with Gasteiger partial charge in [-0.1, -0.05) is 12.1 Å². The van der Waals surface area contributed by atoms with E-state index in [9.17, 15) is 4.79 Å². The van der Waals surface area contributed by atoms with Gasteiger partial charge in [-0.05, 0) is 19.1 Å².